The van der Waals surface area contributed by atoms with E-state index in [4.69, 9.17) is 14.2 Å². The lowest BCUT2D eigenvalue weighted by atomic mass is 10.2. The van der Waals surface area contributed by atoms with Gasteiger partial charge in [0.05, 0.1) is 30.3 Å². The van der Waals surface area contributed by atoms with Crippen molar-refractivity contribution >= 4 is 33.6 Å². The summed E-state index contributed by atoms with van der Waals surface area (Å²) in [6, 6.07) is 6.69. The number of methoxy groups -OCH3 is 2. The van der Waals surface area contributed by atoms with Crippen molar-refractivity contribution in [3.63, 3.8) is 0 Å². The number of hydrazone groups is 1. The molecule has 1 saturated heterocycles. The van der Waals surface area contributed by atoms with E-state index in [1.165, 1.54) is 55.9 Å². The van der Waals surface area contributed by atoms with Crippen molar-refractivity contribution < 1.29 is 32.3 Å². The molecule has 1 aliphatic rings. The molecule has 0 amide bonds. The fourth-order valence-electron chi connectivity index (χ4n) is 3.39. The summed E-state index contributed by atoms with van der Waals surface area (Å²) in [7, 11) is -1.02. The normalized spacial score (nSPS) is 14.2. The second kappa shape index (κ2) is 10.5. The van der Waals surface area contributed by atoms with E-state index in [9.17, 15) is 23.3 Å². The van der Waals surface area contributed by atoms with Crippen LogP contribution in [0.5, 0.6) is 17.2 Å². The number of nitrogens with one attached hydrogen (secondary N) is 1. The van der Waals surface area contributed by atoms with E-state index in [0.717, 1.165) is 18.9 Å². The second-order valence-electron chi connectivity index (χ2n) is 7.27. The smallest absolute Gasteiger partial charge is 0.308 e. The third-order valence-corrected chi connectivity index (χ3v) is 6.89. The largest absolute Gasteiger partial charge is 0.493 e. The van der Waals surface area contributed by atoms with Gasteiger partial charge in [0, 0.05) is 31.6 Å². The van der Waals surface area contributed by atoms with Gasteiger partial charge in [-0.15, -0.1) is 0 Å². The van der Waals surface area contributed by atoms with Crippen molar-refractivity contribution in [1.29, 1.82) is 0 Å². The van der Waals surface area contributed by atoms with Crippen LogP contribution in [0.4, 0.5) is 11.4 Å². The third-order valence-electron chi connectivity index (χ3n) is 5.00. The van der Waals surface area contributed by atoms with E-state index in [1.54, 1.807) is 0 Å². The molecule has 1 N–H and O–H groups in total. The van der Waals surface area contributed by atoms with Crippen LogP contribution in [0.1, 0.15) is 25.3 Å². The van der Waals surface area contributed by atoms with E-state index in [1.807, 2.05) is 0 Å². The first-order valence-electron chi connectivity index (χ1n) is 10.2. The Morgan fingerprint density at radius 2 is 1.76 bits per heavy atom. The summed E-state index contributed by atoms with van der Waals surface area (Å²) in [4.78, 5) is 22.1. The van der Waals surface area contributed by atoms with Gasteiger partial charge in [0.25, 0.3) is 5.69 Å². The Kier molecular flexibility index (Phi) is 7.68. The van der Waals surface area contributed by atoms with Gasteiger partial charge in [0.15, 0.2) is 11.5 Å². The number of nitrogens with zero attached hydrogens (tertiary/aromatic N) is 3. The minimum Gasteiger partial charge on any atom is -0.493 e. The Balaban J connectivity index is 1.86. The van der Waals surface area contributed by atoms with Crippen LogP contribution in [0.2, 0.25) is 0 Å². The van der Waals surface area contributed by atoms with E-state index >= 15 is 0 Å². The summed E-state index contributed by atoms with van der Waals surface area (Å²) >= 11 is 0. The van der Waals surface area contributed by atoms with Gasteiger partial charge in [-0.25, -0.2) is 8.42 Å². The van der Waals surface area contributed by atoms with Gasteiger partial charge in [-0.3, -0.25) is 20.3 Å². The molecule has 12 nitrogen and oxygen atoms in total. The number of ether oxygens (including phenoxy) is 3. The van der Waals surface area contributed by atoms with E-state index < -0.39 is 26.6 Å². The Morgan fingerprint density at radius 3 is 2.29 bits per heavy atom. The van der Waals surface area contributed by atoms with Gasteiger partial charge in [0.1, 0.15) is 5.69 Å². The highest BCUT2D eigenvalue weighted by Crippen LogP contribution is 2.38. The van der Waals surface area contributed by atoms with Gasteiger partial charge in [0.2, 0.25) is 15.8 Å². The Labute approximate surface area is 196 Å². The average Bonchev–Trinajstić information content (AvgIpc) is 3.35. The Morgan fingerprint density at radius 1 is 1.15 bits per heavy atom. The van der Waals surface area contributed by atoms with Crippen LogP contribution in [-0.2, 0) is 14.8 Å². The minimum atomic E-state index is -3.80. The molecular weight excluding hydrogens is 468 g/mol. The maximum atomic E-state index is 12.7. The number of hydrogen-bond acceptors (Lipinski definition) is 10. The molecule has 0 spiro atoms. The lowest BCUT2D eigenvalue weighted by Crippen LogP contribution is -2.27. The topological polar surface area (TPSA) is 150 Å². The van der Waals surface area contributed by atoms with Crippen LogP contribution < -0.4 is 19.6 Å². The molecule has 13 heteroatoms. The summed E-state index contributed by atoms with van der Waals surface area (Å²) in [5.74, 6) is -0.00728. The number of benzene rings is 2. The molecule has 0 aliphatic carbocycles. The van der Waals surface area contributed by atoms with Crippen molar-refractivity contribution in [2.45, 2.75) is 24.7 Å². The number of sulfonamides is 1. The number of rotatable bonds is 9. The second-order valence-corrected chi connectivity index (χ2v) is 9.20. The van der Waals surface area contributed by atoms with Crippen LogP contribution in [0.15, 0.2) is 40.3 Å². The molecule has 3 rings (SSSR count). The van der Waals surface area contributed by atoms with Crippen LogP contribution >= 0.6 is 0 Å². The molecule has 34 heavy (non-hydrogen) atoms. The zero-order valence-corrected chi connectivity index (χ0v) is 19.6. The fraction of sp³-hybridized carbons (Fsp3) is 0.333. The van der Waals surface area contributed by atoms with E-state index in [2.05, 4.69) is 10.5 Å². The molecule has 182 valence electrons. The summed E-state index contributed by atoms with van der Waals surface area (Å²) in [6.07, 6.45) is 2.86. The summed E-state index contributed by atoms with van der Waals surface area (Å²) in [5, 5.41) is 15.6. The first-order chi connectivity index (χ1) is 16.2. The number of nitro benzene ring substituents is 1. The highest BCUT2D eigenvalue weighted by molar-refractivity contribution is 7.89. The van der Waals surface area contributed by atoms with Crippen molar-refractivity contribution in [2.75, 3.05) is 32.7 Å². The minimum absolute atomic E-state index is 0.0112. The predicted molar refractivity (Wildman–Crippen MR) is 123 cm³/mol. The van der Waals surface area contributed by atoms with Crippen LogP contribution in [0, 0.1) is 10.1 Å². The summed E-state index contributed by atoms with van der Waals surface area (Å²) in [5.41, 5.74) is 2.62. The van der Waals surface area contributed by atoms with E-state index in [-0.39, 0.29) is 27.8 Å². The van der Waals surface area contributed by atoms with E-state index in [0.29, 0.717) is 18.7 Å². The molecule has 0 saturated carbocycles. The molecule has 0 atom stereocenters. The Bertz CT molecular complexity index is 1200. The molecule has 2 aromatic rings. The van der Waals surface area contributed by atoms with Gasteiger partial charge < -0.3 is 14.2 Å². The van der Waals surface area contributed by atoms with Crippen LogP contribution in [0.3, 0.4) is 0 Å². The maximum Gasteiger partial charge on any atom is 0.308 e. The molecule has 1 aliphatic heterocycles. The molecule has 0 bridgehead atoms. The highest BCUT2D eigenvalue weighted by Gasteiger charge is 2.29. The fourth-order valence-corrected chi connectivity index (χ4v) is 4.93. The zero-order valence-electron chi connectivity index (χ0n) is 18.8. The maximum absolute atomic E-state index is 12.7. The lowest BCUT2D eigenvalue weighted by molar-refractivity contribution is -0.384. The number of anilines is 1. The highest BCUT2D eigenvalue weighted by atomic mass is 32.2. The van der Waals surface area contributed by atoms with Crippen LogP contribution in [0.25, 0.3) is 0 Å². The SMILES string of the molecule is COc1cc(/C=N/Nc2ccc(S(=O)(=O)N3CCCC3)cc2[N+](=O)[O-])cc(OC)c1OC(C)=O. The first kappa shape index (κ1) is 24.9. The Hall–Kier alpha value is -3.71. The molecule has 1 heterocycles. The van der Waals surface area contributed by atoms with Gasteiger partial charge in [-0.2, -0.15) is 9.41 Å². The standard InChI is InChI=1S/C21H24N4O8S/c1-14(26)33-21-19(31-2)10-15(11-20(21)32-3)13-22-23-17-7-6-16(12-18(17)25(27)28)34(29,30)24-8-4-5-9-24/h6-7,10-13,23H,4-5,8-9H2,1-3H3/b22-13+. The molecule has 2 aromatic carbocycles. The van der Waals surface area contributed by atoms with Gasteiger partial charge >= 0.3 is 5.97 Å². The van der Waals surface area contributed by atoms with Crippen molar-refractivity contribution in [3.05, 3.63) is 46.0 Å². The molecular formula is C21H24N4O8S. The average molecular weight is 493 g/mol. The number of carbonyl (C=O) groups is 1. The third kappa shape index (κ3) is 5.43. The summed E-state index contributed by atoms with van der Waals surface area (Å²) in [6.45, 7) is 2.03. The number of nitro groups is 1. The number of carbonyl (C=O) groups excluding carboxylic acids is 1. The first-order valence-corrected chi connectivity index (χ1v) is 11.6. The summed E-state index contributed by atoms with van der Waals surface area (Å²) < 4.78 is 42.4. The van der Waals surface area contributed by atoms with Crippen molar-refractivity contribution in [1.82, 2.24) is 4.31 Å². The molecule has 0 radical (unpaired) electrons. The molecule has 0 aromatic heterocycles. The zero-order chi connectivity index (χ0) is 24.9. The lowest BCUT2D eigenvalue weighted by Gasteiger charge is -2.15. The van der Waals surface area contributed by atoms with Gasteiger partial charge in [-0.1, -0.05) is 0 Å². The quantitative estimate of drug-likeness (QED) is 0.183. The molecule has 0 unspecified atom stereocenters. The number of esters is 1. The molecule has 1 fully saturated rings. The predicted octanol–water partition coefficient (Wildman–Crippen LogP) is 2.77. The van der Waals surface area contributed by atoms with Crippen molar-refractivity contribution in [2.24, 2.45) is 5.10 Å². The monoisotopic (exact) mass is 492 g/mol. The van der Waals surface area contributed by atoms with Crippen LogP contribution in [-0.4, -0.2) is 57.1 Å². The van der Waals surface area contributed by atoms with Crippen molar-refractivity contribution in [3.8, 4) is 17.2 Å². The van der Waals surface area contributed by atoms with Gasteiger partial charge in [-0.05, 0) is 37.1 Å². The number of hydrogen-bond donors (Lipinski definition) is 1.